The van der Waals surface area contributed by atoms with E-state index in [4.69, 9.17) is 9.47 Å². The van der Waals surface area contributed by atoms with Crippen molar-refractivity contribution in [3.05, 3.63) is 48.0 Å². The number of carbonyl (C=O) groups excluding carboxylic acids is 1. The number of carbonyl (C=O) groups is 1. The quantitative estimate of drug-likeness (QED) is 0.499. The molecule has 6 nitrogen and oxygen atoms in total. The average molecular weight is 423 g/mol. The van der Waals surface area contributed by atoms with Gasteiger partial charge in [0.1, 0.15) is 5.75 Å². The highest BCUT2D eigenvalue weighted by Gasteiger charge is 2.27. The standard InChI is InChI=1S/C25H30N2O4/c1-4-30-20-12-13-21-22(15-28)24(27(23(21)14-20)19-6-5-7-19)17-8-10-18(11-9-17)26-25(29)31-16(2)3/h8-14,16,19,28H,4-7,15H2,1-3H3,(H,26,29). The molecular formula is C25H30N2O4. The Hall–Kier alpha value is -2.99. The molecule has 3 aromatic rings. The molecule has 0 unspecified atom stereocenters. The first kappa shape index (κ1) is 21.2. The van der Waals surface area contributed by atoms with E-state index in [1.165, 1.54) is 6.42 Å². The minimum Gasteiger partial charge on any atom is -0.494 e. The minimum atomic E-state index is -0.467. The normalized spacial score (nSPS) is 14.0. The van der Waals surface area contributed by atoms with E-state index in [9.17, 15) is 9.90 Å². The highest BCUT2D eigenvalue weighted by Crippen LogP contribution is 2.43. The Kier molecular flexibility index (Phi) is 6.18. The molecule has 0 spiro atoms. The molecule has 6 heteroatoms. The van der Waals surface area contributed by atoms with Crippen molar-refractivity contribution in [2.24, 2.45) is 0 Å². The lowest BCUT2D eigenvalue weighted by Gasteiger charge is -2.30. The van der Waals surface area contributed by atoms with Crippen LogP contribution in [0.4, 0.5) is 10.5 Å². The van der Waals surface area contributed by atoms with Crippen molar-refractivity contribution in [1.29, 1.82) is 0 Å². The van der Waals surface area contributed by atoms with Gasteiger partial charge in [0.2, 0.25) is 0 Å². The Morgan fingerprint density at radius 3 is 2.52 bits per heavy atom. The maximum absolute atomic E-state index is 11.9. The van der Waals surface area contributed by atoms with E-state index in [2.05, 4.69) is 16.0 Å². The number of aromatic nitrogens is 1. The predicted octanol–water partition coefficient (Wildman–Crippen LogP) is 5.88. The molecule has 164 valence electrons. The number of anilines is 1. The van der Waals surface area contributed by atoms with Crippen LogP contribution in [0.2, 0.25) is 0 Å². The molecule has 0 bridgehead atoms. The van der Waals surface area contributed by atoms with Crippen LogP contribution in [0.1, 0.15) is 51.6 Å². The maximum atomic E-state index is 11.9. The molecule has 1 saturated carbocycles. The van der Waals surface area contributed by atoms with E-state index >= 15 is 0 Å². The van der Waals surface area contributed by atoms with Crippen LogP contribution >= 0.6 is 0 Å². The third-order valence-corrected chi connectivity index (χ3v) is 5.74. The number of aliphatic hydroxyl groups is 1. The number of benzene rings is 2. The fourth-order valence-corrected chi connectivity index (χ4v) is 4.19. The van der Waals surface area contributed by atoms with Gasteiger partial charge in [0.05, 0.1) is 30.5 Å². The summed E-state index contributed by atoms with van der Waals surface area (Å²) in [5.74, 6) is 0.840. The fourth-order valence-electron chi connectivity index (χ4n) is 4.19. The number of ether oxygens (including phenoxy) is 2. The van der Waals surface area contributed by atoms with E-state index in [1.54, 1.807) is 0 Å². The number of fused-ring (bicyclic) bond motifs is 1. The van der Waals surface area contributed by atoms with E-state index in [1.807, 2.05) is 57.2 Å². The van der Waals surface area contributed by atoms with Crippen molar-refractivity contribution >= 4 is 22.7 Å². The van der Waals surface area contributed by atoms with Gasteiger partial charge in [-0.1, -0.05) is 12.1 Å². The summed E-state index contributed by atoms with van der Waals surface area (Å²) in [7, 11) is 0. The molecule has 0 aliphatic heterocycles. The van der Waals surface area contributed by atoms with Crippen LogP contribution in [0, 0.1) is 0 Å². The Morgan fingerprint density at radius 2 is 1.94 bits per heavy atom. The lowest BCUT2D eigenvalue weighted by atomic mass is 9.92. The van der Waals surface area contributed by atoms with Gasteiger partial charge in [0.15, 0.2) is 0 Å². The number of rotatable bonds is 7. The second-order valence-electron chi connectivity index (χ2n) is 8.21. The zero-order chi connectivity index (χ0) is 22.0. The molecule has 4 rings (SSSR count). The molecule has 0 saturated heterocycles. The van der Waals surface area contributed by atoms with Gasteiger partial charge in [0.25, 0.3) is 0 Å². The zero-order valence-corrected chi connectivity index (χ0v) is 18.4. The van der Waals surface area contributed by atoms with Crippen molar-refractivity contribution in [2.45, 2.75) is 58.8 Å². The molecule has 1 aliphatic rings. The van der Waals surface area contributed by atoms with Gasteiger partial charge in [0, 0.05) is 28.7 Å². The fraction of sp³-hybridized carbons (Fsp3) is 0.400. The highest BCUT2D eigenvalue weighted by atomic mass is 16.6. The first-order valence-corrected chi connectivity index (χ1v) is 11.0. The van der Waals surface area contributed by atoms with Crippen LogP contribution in [-0.4, -0.2) is 28.5 Å². The Balaban J connectivity index is 1.76. The van der Waals surface area contributed by atoms with Crippen LogP contribution < -0.4 is 10.1 Å². The summed E-state index contributed by atoms with van der Waals surface area (Å²) in [6.07, 6.45) is 2.82. The first-order chi connectivity index (χ1) is 15.0. The molecule has 31 heavy (non-hydrogen) atoms. The van der Waals surface area contributed by atoms with Crippen molar-refractivity contribution in [3.63, 3.8) is 0 Å². The topological polar surface area (TPSA) is 72.7 Å². The molecular weight excluding hydrogens is 392 g/mol. The van der Waals surface area contributed by atoms with Crippen LogP contribution in [0.15, 0.2) is 42.5 Å². The zero-order valence-electron chi connectivity index (χ0n) is 18.4. The van der Waals surface area contributed by atoms with E-state index in [0.29, 0.717) is 18.3 Å². The third-order valence-electron chi connectivity index (χ3n) is 5.74. The first-order valence-electron chi connectivity index (χ1n) is 11.0. The SMILES string of the molecule is CCOc1ccc2c(CO)c(-c3ccc(NC(=O)OC(C)C)cc3)n(C3CCC3)c2c1. The van der Waals surface area contributed by atoms with Gasteiger partial charge in [-0.3, -0.25) is 5.32 Å². The number of hydrogen-bond donors (Lipinski definition) is 2. The lowest BCUT2D eigenvalue weighted by molar-refractivity contribution is 0.130. The van der Waals surface area contributed by atoms with Gasteiger partial charge in [-0.2, -0.15) is 0 Å². The van der Waals surface area contributed by atoms with Crippen LogP contribution in [-0.2, 0) is 11.3 Å². The Labute approximate surface area is 182 Å². The van der Waals surface area contributed by atoms with Gasteiger partial charge in [-0.25, -0.2) is 4.79 Å². The van der Waals surface area contributed by atoms with Gasteiger partial charge in [-0.05, 0) is 69.9 Å². The van der Waals surface area contributed by atoms with Gasteiger partial charge in [-0.15, -0.1) is 0 Å². The van der Waals surface area contributed by atoms with Gasteiger partial charge < -0.3 is 19.1 Å². The number of amides is 1. The Morgan fingerprint density at radius 1 is 1.19 bits per heavy atom. The molecule has 2 N–H and O–H groups in total. The smallest absolute Gasteiger partial charge is 0.411 e. The summed E-state index contributed by atoms with van der Waals surface area (Å²) in [5, 5.41) is 14.1. The lowest BCUT2D eigenvalue weighted by Crippen LogP contribution is -2.18. The summed E-state index contributed by atoms with van der Waals surface area (Å²) in [6.45, 7) is 6.18. The van der Waals surface area contributed by atoms with Crippen molar-refractivity contribution in [3.8, 4) is 17.0 Å². The molecule has 1 aliphatic carbocycles. The number of nitrogens with one attached hydrogen (secondary N) is 1. The average Bonchev–Trinajstić information content (AvgIpc) is 3.00. The molecule has 1 aromatic heterocycles. The van der Waals surface area contributed by atoms with Crippen LogP contribution in [0.5, 0.6) is 5.75 Å². The Bertz CT molecular complexity index is 1070. The molecule has 0 atom stereocenters. The van der Waals surface area contributed by atoms with E-state index in [-0.39, 0.29) is 12.7 Å². The second-order valence-corrected chi connectivity index (χ2v) is 8.21. The minimum absolute atomic E-state index is 0.0414. The molecule has 2 aromatic carbocycles. The summed E-state index contributed by atoms with van der Waals surface area (Å²) in [6, 6.07) is 14.2. The predicted molar refractivity (Wildman–Crippen MR) is 123 cm³/mol. The van der Waals surface area contributed by atoms with Crippen LogP contribution in [0.3, 0.4) is 0 Å². The second kappa shape index (κ2) is 9.02. The molecule has 1 heterocycles. The summed E-state index contributed by atoms with van der Waals surface area (Å²) in [5.41, 5.74) is 4.73. The van der Waals surface area contributed by atoms with Crippen LogP contribution in [0.25, 0.3) is 22.2 Å². The van der Waals surface area contributed by atoms with Crippen molar-refractivity contribution in [2.75, 3.05) is 11.9 Å². The molecule has 1 amide bonds. The summed E-state index contributed by atoms with van der Waals surface area (Å²) in [4.78, 5) is 11.9. The monoisotopic (exact) mass is 422 g/mol. The van der Waals surface area contributed by atoms with Crippen molar-refractivity contribution in [1.82, 2.24) is 4.57 Å². The molecule has 0 radical (unpaired) electrons. The largest absolute Gasteiger partial charge is 0.494 e. The third kappa shape index (κ3) is 4.26. The number of hydrogen-bond acceptors (Lipinski definition) is 4. The van der Waals surface area contributed by atoms with E-state index in [0.717, 1.165) is 46.3 Å². The number of nitrogens with zero attached hydrogens (tertiary/aromatic N) is 1. The number of aliphatic hydroxyl groups excluding tert-OH is 1. The molecule has 1 fully saturated rings. The van der Waals surface area contributed by atoms with Crippen molar-refractivity contribution < 1.29 is 19.4 Å². The van der Waals surface area contributed by atoms with E-state index < -0.39 is 6.09 Å². The highest BCUT2D eigenvalue weighted by molar-refractivity contribution is 5.93. The summed E-state index contributed by atoms with van der Waals surface area (Å²) < 4.78 is 13.3. The van der Waals surface area contributed by atoms with Gasteiger partial charge >= 0.3 is 6.09 Å². The maximum Gasteiger partial charge on any atom is 0.411 e. The summed E-state index contributed by atoms with van der Waals surface area (Å²) >= 11 is 0.